The second-order valence-corrected chi connectivity index (χ2v) is 7.06. The minimum Gasteiger partial charge on any atom is -0.507 e. The van der Waals surface area contributed by atoms with E-state index < -0.39 is 0 Å². The number of hydrogen-bond donors (Lipinski definition) is 1. The number of benzene rings is 4. The lowest BCUT2D eigenvalue weighted by Gasteiger charge is -2.17. The molecule has 0 atom stereocenters. The molecule has 28 heavy (non-hydrogen) atoms. The van der Waals surface area contributed by atoms with Gasteiger partial charge < -0.3 is 10.0 Å². The Hall–Kier alpha value is -3.52. The van der Waals surface area contributed by atoms with Crippen LogP contribution in [0.1, 0.15) is 0 Å². The molecule has 0 fully saturated rings. The monoisotopic (exact) mass is 365 g/mol. The molecule has 4 rings (SSSR count). The summed E-state index contributed by atoms with van der Waals surface area (Å²) in [7, 11) is 4.07. The van der Waals surface area contributed by atoms with Crippen LogP contribution < -0.4 is 4.90 Å². The van der Waals surface area contributed by atoms with E-state index in [-0.39, 0.29) is 0 Å². The highest BCUT2D eigenvalue weighted by molar-refractivity contribution is 5.93. The first-order valence-electron chi connectivity index (χ1n) is 9.40. The molecule has 0 aliphatic carbocycles. The van der Waals surface area contributed by atoms with Gasteiger partial charge in [0.1, 0.15) is 5.75 Å². The fourth-order valence-corrected chi connectivity index (χ4v) is 3.52. The largest absolute Gasteiger partial charge is 0.507 e. The smallest absolute Gasteiger partial charge is 0.131 e. The van der Waals surface area contributed by atoms with E-state index in [1.54, 1.807) is 0 Å². The molecule has 0 saturated heterocycles. The van der Waals surface area contributed by atoms with Crippen molar-refractivity contribution in [1.29, 1.82) is 0 Å². The summed E-state index contributed by atoms with van der Waals surface area (Å²) in [6, 6.07) is 32.6. The summed E-state index contributed by atoms with van der Waals surface area (Å²) < 4.78 is 0. The van der Waals surface area contributed by atoms with Crippen LogP contribution >= 0.6 is 0 Å². The molecule has 0 aliphatic heterocycles. The molecule has 2 heteroatoms. The molecule has 0 aromatic heterocycles. The highest BCUT2D eigenvalue weighted by Gasteiger charge is 2.17. The number of hydrogen-bond acceptors (Lipinski definition) is 2. The van der Waals surface area contributed by atoms with Gasteiger partial charge in [0.2, 0.25) is 0 Å². The van der Waals surface area contributed by atoms with Crippen LogP contribution in [0.4, 0.5) is 5.69 Å². The van der Waals surface area contributed by atoms with Gasteiger partial charge in [-0.3, -0.25) is 0 Å². The second kappa shape index (κ2) is 7.61. The zero-order valence-corrected chi connectivity index (χ0v) is 16.1. The Morgan fingerprint density at radius 2 is 1.04 bits per heavy atom. The quantitative estimate of drug-likeness (QED) is 0.449. The molecule has 0 bridgehead atoms. The van der Waals surface area contributed by atoms with E-state index in [0.29, 0.717) is 5.75 Å². The van der Waals surface area contributed by atoms with Crippen molar-refractivity contribution >= 4 is 5.69 Å². The van der Waals surface area contributed by atoms with E-state index in [0.717, 1.165) is 39.1 Å². The summed E-state index contributed by atoms with van der Waals surface area (Å²) in [5.41, 5.74) is 6.96. The first-order chi connectivity index (χ1) is 13.6. The lowest BCUT2D eigenvalue weighted by molar-refractivity contribution is 0.479. The standard InChI is InChI=1S/C26H23NO/c1-27(2)22-15-13-20(14-16-22)23-17-18-24(19-9-5-3-6-10-19)26(28)25(23)21-11-7-4-8-12-21/h3-18,28H,1-2H3. The van der Waals surface area contributed by atoms with Crippen molar-refractivity contribution in [3.8, 4) is 39.1 Å². The Bertz CT molecular complexity index is 1070. The van der Waals surface area contributed by atoms with Gasteiger partial charge in [-0.05, 0) is 40.5 Å². The molecule has 4 aromatic carbocycles. The first kappa shape index (κ1) is 17.9. The average Bonchev–Trinajstić information content (AvgIpc) is 2.75. The van der Waals surface area contributed by atoms with Crippen molar-refractivity contribution < 1.29 is 5.11 Å². The zero-order valence-electron chi connectivity index (χ0n) is 16.1. The first-order valence-corrected chi connectivity index (χ1v) is 9.40. The summed E-state index contributed by atoms with van der Waals surface area (Å²) in [5.74, 6) is 0.312. The number of aromatic hydroxyl groups is 1. The molecule has 0 radical (unpaired) electrons. The van der Waals surface area contributed by atoms with E-state index in [2.05, 4.69) is 35.2 Å². The van der Waals surface area contributed by atoms with Crippen LogP contribution in [0.2, 0.25) is 0 Å². The average molecular weight is 365 g/mol. The molecule has 0 aliphatic rings. The Morgan fingerprint density at radius 1 is 0.536 bits per heavy atom. The third-order valence-electron chi connectivity index (χ3n) is 5.02. The molecule has 0 unspecified atom stereocenters. The fraction of sp³-hybridized carbons (Fsp3) is 0.0769. The van der Waals surface area contributed by atoms with Crippen LogP contribution in [0.25, 0.3) is 33.4 Å². The Labute approximate surface area is 166 Å². The van der Waals surface area contributed by atoms with Crippen LogP contribution in [-0.2, 0) is 0 Å². The zero-order chi connectivity index (χ0) is 19.5. The highest BCUT2D eigenvalue weighted by Crippen LogP contribution is 2.44. The Balaban J connectivity index is 1.93. The molecule has 0 saturated carbocycles. The molecule has 1 N–H and O–H groups in total. The molecular weight excluding hydrogens is 342 g/mol. The van der Waals surface area contributed by atoms with Gasteiger partial charge in [0.05, 0.1) is 0 Å². The highest BCUT2D eigenvalue weighted by atomic mass is 16.3. The number of rotatable bonds is 4. The molecule has 138 valence electrons. The van der Waals surface area contributed by atoms with Crippen molar-refractivity contribution in [2.75, 3.05) is 19.0 Å². The maximum Gasteiger partial charge on any atom is 0.131 e. The lowest BCUT2D eigenvalue weighted by atomic mass is 9.89. The number of phenolic OH excluding ortho intramolecular Hbond substituents is 1. The third-order valence-corrected chi connectivity index (χ3v) is 5.02. The third kappa shape index (κ3) is 3.37. The lowest BCUT2D eigenvalue weighted by Crippen LogP contribution is -2.07. The van der Waals surface area contributed by atoms with Crippen LogP contribution in [0.5, 0.6) is 5.75 Å². The van der Waals surface area contributed by atoms with E-state index in [4.69, 9.17) is 0 Å². The predicted octanol–water partition coefficient (Wildman–Crippen LogP) is 6.46. The van der Waals surface area contributed by atoms with Crippen LogP contribution in [-0.4, -0.2) is 19.2 Å². The normalized spacial score (nSPS) is 10.6. The predicted molar refractivity (Wildman–Crippen MR) is 119 cm³/mol. The van der Waals surface area contributed by atoms with Gasteiger partial charge in [0.15, 0.2) is 0 Å². The van der Waals surface area contributed by atoms with Gasteiger partial charge in [0, 0.05) is 30.9 Å². The molecule has 0 heterocycles. The van der Waals surface area contributed by atoms with Gasteiger partial charge >= 0.3 is 0 Å². The summed E-state index contributed by atoms with van der Waals surface area (Å²) in [6.45, 7) is 0. The molecular formula is C26H23NO. The summed E-state index contributed by atoms with van der Waals surface area (Å²) >= 11 is 0. The van der Waals surface area contributed by atoms with Crippen molar-refractivity contribution in [3.63, 3.8) is 0 Å². The topological polar surface area (TPSA) is 23.5 Å². The van der Waals surface area contributed by atoms with Gasteiger partial charge in [-0.2, -0.15) is 0 Å². The van der Waals surface area contributed by atoms with E-state index in [1.165, 1.54) is 0 Å². The van der Waals surface area contributed by atoms with Gasteiger partial charge in [-0.1, -0.05) is 78.9 Å². The Kier molecular flexibility index (Phi) is 4.86. The summed E-state index contributed by atoms with van der Waals surface area (Å²) in [6.07, 6.45) is 0. The molecule has 4 aromatic rings. The minimum atomic E-state index is 0.312. The molecule has 2 nitrogen and oxygen atoms in total. The van der Waals surface area contributed by atoms with Crippen molar-refractivity contribution in [2.45, 2.75) is 0 Å². The van der Waals surface area contributed by atoms with Crippen LogP contribution in [0, 0.1) is 0 Å². The number of phenols is 1. The van der Waals surface area contributed by atoms with Gasteiger partial charge in [-0.25, -0.2) is 0 Å². The summed E-state index contributed by atoms with van der Waals surface area (Å²) in [4.78, 5) is 2.08. The molecule has 0 spiro atoms. The van der Waals surface area contributed by atoms with Crippen molar-refractivity contribution in [1.82, 2.24) is 0 Å². The van der Waals surface area contributed by atoms with Crippen LogP contribution in [0.3, 0.4) is 0 Å². The van der Waals surface area contributed by atoms with E-state index in [9.17, 15) is 5.11 Å². The van der Waals surface area contributed by atoms with E-state index >= 15 is 0 Å². The Morgan fingerprint density at radius 3 is 1.61 bits per heavy atom. The van der Waals surface area contributed by atoms with Crippen molar-refractivity contribution in [2.24, 2.45) is 0 Å². The number of nitrogens with zero attached hydrogens (tertiary/aromatic N) is 1. The van der Waals surface area contributed by atoms with Crippen molar-refractivity contribution in [3.05, 3.63) is 97.1 Å². The summed E-state index contributed by atoms with van der Waals surface area (Å²) in [5, 5.41) is 11.3. The minimum absolute atomic E-state index is 0.312. The fourth-order valence-electron chi connectivity index (χ4n) is 3.52. The van der Waals surface area contributed by atoms with Gasteiger partial charge in [0.25, 0.3) is 0 Å². The molecule has 0 amide bonds. The van der Waals surface area contributed by atoms with Gasteiger partial charge in [-0.15, -0.1) is 0 Å². The second-order valence-electron chi connectivity index (χ2n) is 7.06. The maximum absolute atomic E-state index is 11.3. The van der Waals surface area contributed by atoms with E-state index in [1.807, 2.05) is 80.8 Å². The van der Waals surface area contributed by atoms with Crippen LogP contribution in [0.15, 0.2) is 97.1 Å². The SMILES string of the molecule is CN(C)c1ccc(-c2ccc(-c3ccccc3)c(O)c2-c2ccccc2)cc1. The number of anilines is 1. The maximum atomic E-state index is 11.3.